The van der Waals surface area contributed by atoms with Crippen molar-refractivity contribution in [1.29, 1.82) is 0 Å². The van der Waals surface area contributed by atoms with E-state index in [1.807, 2.05) is 0 Å². The third-order valence-electron chi connectivity index (χ3n) is 2.26. The Kier molecular flexibility index (Phi) is 8.49. The zero-order chi connectivity index (χ0) is 9.12. The van der Waals surface area contributed by atoms with Gasteiger partial charge in [-0.25, -0.2) is 0 Å². The summed E-state index contributed by atoms with van der Waals surface area (Å²) in [6.45, 7) is 12.9. The molecule has 0 aliphatic rings. The molecule has 1 nitrogen and oxygen atoms in total. The molecular formula is C10H22ORb. The molecule has 0 atom stereocenters. The maximum Gasteiger partial charge on any atom is 0.0631 e. The first kappa shape index (κ1) is 16.2. The average molecular weight is 244 g/mol. The zero-order valence-corrected chi connectivity index (χ0v) is 14.7. The molecular weight excluding hydrogens is 222 g/mol. The van der Waals surface area contributed by atoms with Crippen LogP contribution in [0.15, 0.2) is 0 Å². The van der Waals surface area contributed by atoms with Crippen molar-refractivity contribution in [3.8, 4) is 0 Å². The Hall–Kier alpha value is 1.77. The van der Waals surface area contributed by atoms with Crippen LogP contribution >= 0.6 is 0 Å². The van der Waals surface area contributed by atoms with Gasteiger partial charge in [-0.2, -0.15) is 0 Å². The van der Waals surface area contributed by atoms with Crippen LogP contribution in [0, 0.1) is 0 Å². The first-order valence-corrected chi connectivity index (χ1v) is 4.53. The first-order chi connectivity index (χ1) is 4.83. The fourth-order valence-corrected chi connectivity index (χ4v) is 0.892. The van der Waals surface area contributed by atoms with Crippen molar-refractivity contribution in [1.82, 2.24) is 0 Å². The molecule has 0 fully saturated rings. The molecule has 0 unspecified atom stereocenters. The summed E-state index contributed by atoms with van der Waals surface area (Å²) in [5.74, 6) is 0. The summed E-state index contributed by atoms with van der Waals surface area (Å²) >= 11 is 0. The minimum atomic E-state index is 0. The predicted molar refractivity (Wildman–Crippen MR) is 55.6 cm³/mol. The van der Waals surface area contributed by atoms with Crippen molar-refractivity contribution < 1.29 is 4.74 Å². The van der Waals surface area contributed by atoms with Gasteiger partial charge in [-0.15, -0.1) is 0 Å². The van der Waals surface area contributed by atoms with Gasteiger partial charge in [-0.3, -0.25) is 0 Å². The van der Waals surface area contributed by atoms with E-state index < -0.39 is 0 Å². The monoisotopic (exact) mass is 243 g/mol. The summed E-state index contributed by atoms with van der Waals surface area (Å²) < 4.78 is 5.92. The molecule has 0 spiro atoms. The van der Waals surface area contributed by atoms with Crippen LogP contribution in [0.25, 0.3) is 0 Å². The van der Waals surface area contributed by atoms with E-state index >= 15 is 0 Å². The van der Waals surface area contributed by atoms with Crippen LogP contribution in [0.5, 0.6) is 0 Å². The SMILES string of the molecule is CCC(C)(C)OC(C)(C)CC.[Rb]. The number of ether oxygens (including phenoxy) is 1. The van der Waals surface area contributed by atoms with Gasteiger partial charge in [0.25, 0.3) is 0 Å². The van der Waals surface area contributed by atoms with Crippen molar-refractivity contribution >= 4 is 58.2 Å². The summed E-state index contributed by atoms with van der Waals surface area (Å²) in [6, 6.07) is 0. The maximum atomic E-state index is 5.92. The van der Waals surface area contributed by atoms with Gasteiger partial charge < -0.3 is 4.74 Å². The quantitative estimate of drug-likeness (QED) is 0.738. The molecule has 2 heteroatoms. The Morgan fingerprint density at radius 2 is 1.08 bits per heavy atom. The molecule has 0 saturated heterocycles. The molecule has 69 valence electrons. The Labute approximate surface area is 126 Å². The molecule has 0 bridgehead atoms. The molecule has 0 amide bonds. The van der Waals surface area contributed by atoms with Crippen molar-refractivity contribution in [2.24, 2.45) is 0 Å². The molecule has 0 N–H and O–H groups in total. The fourth-order valence-electron chi connectivity index (χ4n) is 0.892. The molecule has 0 aromatic rings. The number of rotatable bonds is 4. The van der Waals surface area contributed by atoms with Gasteiger partial charge in [0.1, 0.15) is 0 Å². The zero-order valence-electron chi connectivity index (χ0n) is 9.82. The minimum absolute atomic E-state index is 0. The van der Waals surface area contributed by atoms with E-state index in [0.29, 0.717) is 0 Å². The standard InChI is InChI=1S/C10H22O.Rb/c1-7-9(3,4)11-10(5,6)8-2;/h7-8H2,1-6H3;. The van der Waals surface area contributed by atoms with Crippen molar-refractivity contribution in [3.05, 3.63) is 0 Å². The molecule has 0 aromatic heterocycles. The summed E-state index contributed by atoms with van der Waals surface area (Å²) in [6.07, 6.45) is 2.13. The first-order valence-electron chi connectivity index (χ1n) is 4.53. The van der Waals surface area contributed by atoms with Crippen molar-refractivity contribution in [2.45, 2.75) is 65.6 Å². The number of hydrogen-bond donors (Lipinski definition) is 0. The Morgan fingerprint density at radius 1 is 0.833 bits per heavy atom. The van der Waals surface area contributed by atoms with Crippen molar-refractivity contribution in [2.75, 3.05) is 0 Å². The van der Waals surface area contributed by atoms with Gasteiger partial charge in [0.15, 0.2) is 0 Å². The van der Waals surface area contributed by atoms with Crippen LogP contribution in [0.1, 0.15) is 54.4 Å². The average Bonchev–Trinajstić information content (AvgIpc) is 1.86. The molecule has 12 heavy (non-hydrogen) atoms. The molecule has 0 saturated carbocycles. The minimum Gasteiger partial charge on any atom is -0.370 e. The molecule has 0 heterocycles. The second-order valence-electron chi connectivity index (χ2n) is 4.33. The van der Waals surface area contributed by atoms with Crippen LogP contribution in [-0.4, -0.2) is 69.4 Å². The van der Waals surface area contributed by atoms with E-state index in [1.54, 1.807) is 0 Å². The van der Waals surface area contributed by atoms with E-state index in [0.717, 1.165) is 12.8 Å². The largest absolute Gasteiger partial charge is 0.370 e. The van der Waals surface area contributed by atoms with Crippen LogP contribution in [0.3, 0.4) is 0 Å². The van der Waals surface area contributed by atoms with E-state index in [-0.39, 0.29) is 69.4 Å². The van der Waals surface area contributed by atoms with Crippen LogP contribution in [0.4, 0.5) is 0 Å². The van der Waals surface area contributed by atoms with Gasteiger partial charge in [0.05, 0.1) is 11.2 Å². The van der Waals surface area contributed by atoms with Crippen LogP contribution < -0.4 is 0 Å². The van der Waals surface area contributed by atoms with Gasteiger partial charge in [-0.1, -0.05) is 13.8 Å². The Balaban J connectivity index is 0. The topological polar surface area (TPSA) is 9.23 Å². The fraction of sp³-hybridized carbons (Fsp3) is 1.00. The molecule has 0 rings (SSSR count). The molecule has 0 aromatic carbocycles. The third kappa shape index (κ3) is 7.20. The second kappa shape index (κ2) is 6.29. The summed E-state index contributed by atoms with van der Waals surface area (Å²) in [5, 5.41) is 0. The molecule has 1 radical (unpaired) electrons. The van der Waals surface area contributed by atoms with E-state index in [1.165, 1.54) is 0 Å². The van der Waals surface area contributed by atoms with Crippen LogP contribution in [0.2, 0.25) is 0 Å². The third-order valence-corrected chi connectivity index (χ3v) is 2.26. The van der Waals surface area contributed by atoms with E-state index in [9.17, 15) is 0 Å². The second-order valence-corrected chi connectivity index (χ2v) is 4.33. The maximum absolute atomic E-state index is 5.92. The normalized spacial score (nSPS) is 12.5. The van der Waals surface area contributed by atoms with Gasteiger partial charge in [-0.05, 0) is 40.5 Å². The predicted octanol–water partition coefficient (Wildman–Crippen LogP) is 3.00. The van der Waals surface area contributed by atoms with Gasteiger partial charge >= 0.3 is 0 Å². The molecule has 0 aliphatic carbocycles. The summed E-state index contributed by atoms with van der Waals surface area (Å²) in [4.78, 5) is 0. The van der Waals surface area contributed by atoms with Crippen LogP contribution in [-0.2, 0) is 4.74 Å². The summed E-state index contributed by atoms with van der Waals surface area (Å²) in [7, 11) is 0. The van der Waals surface area contributed by atoms with Crippen molar-refractivity contribution in [3.63, 3.8) is 0 Å². The summed E-state index contributed by atoms with van der Waals surface area (Å²) in [5.41, 5.74) is 0.0546. The van der Waals surface area contributed by atoms with Gasteiger partial charge in [0, 0.05) is 58.2 Å². The Morgan fingerprint density at radius 3 is 1.25 bits per heavy atom. The Bertz CT molecular complexity index is 105. The number of hydrogen-bond acceptors (Lipinski definition) is 1. The smallest absolute Gasteiger partial charge is 0.0631 e. The van der Waals surface area contributed by atoms with E-state index in [2.05, 4.69) is 41.5 Å². The van der Waals surface area contributed by atoms with E-state index in [4.69, 9.17) is 4.74 Å². The van der Waals surface area contributed by atoms with Gasteiger partial charge in [0.2, 0.25) is 0 Å². The molecule has 0 aliphatic heterocycles.